The molecule has 0 aromatic carbocycles. The fourth-order valence-corrected chi connectivity index (χ4v) is 2.16. The molecule has 0 aromatic rings. The number of rotatable bonds is 5. The summed E-state index contributed by atoms with van der Waals surface area (Å²) in [6.07, 6.45) is 2.08. The molecule has 0 bridgehead atoms. The highest BCUT2D eigenvalue weighted by Crippen LogP contribution is 2.20. The van der Waals surface area contributed by atoms with Gasteiger partial charge in [-0.2, -0.15) is 0 Å². The first-order valence-electron chi connectivity index (χ1n) is 5.78. The summed E-state index contributed by atoms with van der Waals surface area (Å²) in [5.74, 6) is 0. The van der Waals surface area contributed by atoms with Gasteiger partial charge in [0.25, 0.3) is 0 Å². The maximum Gasteiger partial charge on any atom is 0.0831 e. The molecular formula is C11H24N2O2. The van der Waals surface area contributed by atoms with Crippen molar-refractivity contribution in [2.45, 2.75) is 38.4 Å². The molecule has 0 radical (unpaired) electrons. The number of hydrogen-bond acceptors (Lipinski definition) is 4. The molecule has 1 aliphatic heterocycles. The van der Waals surface area contributed by atoms with Gasteiger partial charge in [0.05, 0.1) is 11.7 Å². The first-order valence-corrected chi connectivity index (χ1v) is 5.78. The van der Waals surface area contributed by atoms with Gasteiger partial charge in [-0.3, -0.25) is 4.90 Å². The van der Waals surface area contributed by atoms with Crippen LogP contribution in [0.25, 0.3) is 0 Å². The fraction of sp³-hybridized carbons (Fsp3) is 1.00. The Hall–Kier alpha value is -0.160. The number of nitrogens with zero attached hydrogens (tertiary/aromatic N) is 1. The summed E-state index contributed by atoms with van der Waals surface area (Å²) in [4.78, 5) is 2.39. The van der Waals surface area contributed by atoms with Crippen LogP contribution in [0.3, 0.4) is 0 Å². The standard InChI is InChI=1S/C11H24N2O2/c1-11(2)9-13(5-3-4-6-14)8-10(7-12)15-11/h10,14H,3-9,12H2,1-2H3. The number of aliphatic hydroxyl groups is 1. The Kier molecular flexibility index (Phi) is 4.99. The van der Waals surface area contributed by atoms with Gasteiger partial charge in [0.1, 0.15) is 0 Å². The predicted molar refractivity (Wildman–Crippen MR) is 60.8 cm³/mol. The van der Waals surface area contributed by atoms with Crippen molar-refractivity contribution in [1.29, 1.82) is 0 Å². The minimum absolute atomic E-state index is 0.0957. The van der Waals surface area contributed by atoms with Crippen molar-refractivity contribution in [3.63, 3.8) is 0 Å². The molecule has 1 unspecified atom stereocenters. The van der Waals surface area contributed by atoms with E-state index in [4.69, 9.17) is 15.6 Å². The molecule has 1 saturated heterocycles. The maximum atomic E-state index is 8.73. The molecule has 15 heavy (non-hydrogen) atoms. The quantitative estimate of drug-likeness (QED) is 0.644. The number of ether oxygens (including phenoxy) is 1. The van der Waals surface area contributed by atoms with Crippen LogP contribution in [0.4, 0.5) is 0 Å². The van der Waals surface area contributed by atoms with Gasteiger partial charge >= 0.3 is 0 Å². The van der Waals surface area contributed by atoms with Crippen molar-refractivity contribution in [2.24, 2.45) is 5.73 Å². The van der Waals surface area contributed by atoms with E-state index >= 15 is 0 Å². The Bertz CT molecular complexity index is 185. The van der Waals surface area contributed by atoms with Crippen molar-refractivity contribution in [2.75, 3.05) is 32.8 Å². The zero-order valence-corrected chi connectivity index (χ0v) is 9.91. The summed E-state index contributed by atoms with van der Waals surface area (Å²) in [5.41, 5.74) is 5.55. The van der Waals surface area contributed by atoms with E-state index in [2.05, 4.69) is 18.7 Å². The van der Waals surface area contributed by atoms with Gasteiger partial charge < -0.3 is 15.6 Å². The molecule has 0 aromatic heterocycles. The summed E-state index contributed by atoms with van der Waals surface area (Å²) < 4.78 is 5.84. The van der Waals surface area contributed by atoms with E-state index in [0.29, 0.717) is 6.54 Å². The third kappa shape index (κ3) is 4.47. The van der Waals surface area contributed by atoms with E-state index in [-0.39, 0.29) is 18.3 Å². The highest BCUT2D eigenvalue weighted by atomic mass is 16.5. The van der Waals surface area contributed by atoms with Crippen LogP contribution in [0.15, 0.2) is 0 Å². The average molecular weight is 216 g/mol. The molecule has 90 valence electrons. The summed E-state index contributed by atoms with van der Waals surface area (Å²) in [7, 11) is 0. The normalized spacial score (nSPS) is 26.8. The summed E-state index contributed by atoms with van der Waals surface area (Å²) >= 11 is 0. The van der Waals surface area contributed by atoms with Crippen LogP contribution in [0, 0.1) is 0 Å². The van der Waals surface area contributed by atoms with Crippen molar-refractivity contribution in [3.8, 4) is 0 Å². The van der Waals surface area contributed by atoms with E-state index in [1.54, 1.807) is 0 Å². The van der Waals surface area contributed by atoms with Crippen LogP contribution >= 0.6 is 0 Å². The van der Waals surface area contributed by atoms with Crippen LogP contribution in [0.5, 0.6) is 0 Å². The highest BCUT2D eigenvalue weighted by molar-refractivity contribution is 4.84. The van der Waals surface area contributed by atoms with Crippen LogP contribution in [-0.2, 0) is 4.74 Å². The largest absolute Gasteiger partial charge is 0.396 e. The average Bonchev–Trinajstić information content (AvgIpc) is 2.16. The lowest BCUT2D eigenvalue weighted by molar-refractivity contribution is -0.132. The molecule has 0 amide bonds. The third-order valence-corrected chi connectivity index (χ3v) is 2.70. The Morgan fingerprint density at radius 1 is 1.47 bits per heavy atom. The molecule has 1 atom stereocenters. The van der Waals surface area contributed by atoms with Crippen molar-refractivity contribution in [1.82, 2.24) is 4.90 Å². The van der Waals surface area contributed by atoms with Gasteiger partial charge in [-0.25, -0.2) is 0 Å². The minimum Gasteiger partial charge on any atom is -0.396 e. The molecule has 4 heteroatoms. The number of hydrogen-bond donors (Lipinski definition) is 2. The molecule has 3 N–H and O–H groups in total. The van der Waals surface area contributed by atoms with E-state index in [9.17, 15) is 0 Å². The molecule has 1 rings (SSSR count). The molecule has 1 aliphatic rings. The van der Waals surface area contributed by atoms with Crippen LogP contribution < -0.4 is 5.73 Å². The van der Waals surface area contributed by atoms with Crippen LogP contribution in [-0.4, -0.2) is 54.5 Å². The lowest BCUT2D eigenvalue weighted by Crippen LogP contribution is -2.54. The van der Waals surface area contributed by atoms with Gasteiger partial charge in [-0.15, -0.1) is 0 Å². The lowest BCUT2D eigenvalue weighted by atomic mass is 10.0. The van der Waals surface area contributed by atoms with Crippen molar-refractivity contribution >= 4 is 0 Å². The van der Waals surface area contributed by atoms with Gasteiger partial charge in [0.2, 0.25) is 0 Å². The van der Waals surface area contributed by atoms with Gasteiger partial charge in [-0.1, -0.05) is 0 Å². The highest BCUT2D eigenvalue weighted by Gasteiger charge is 2.32. The summed E-state index contributed by atoms with van der Waals surface area (Å²) in [5, 5.41) is 8.73. The zero-order chi connectivity index (χ0) is 11.3. The zero-order valence-electron chi connectivity index (χ0n) is 9.91. The van der Waals surface area contributed by atoms with Crippen molar-refractivity contribution < 1.29 is 9.84 Å². The number of unbranched alkanes of at least 4 members (excludes halogenated alkanes) is 1. The third-order valence-electron chi connectivity index (χ3n) is 2.70. The van der Waals surface area contributed by atoms with Gasteiger partial charge in [0, 0.05) is 26.2 Å². The SMILES string of the molecule is CC1(C)CN(CCCCO)CC(CN)O1. The number of aliphatic hydroxyl groups excluding tert-OH is 1. The molecule has 0 spiro atoms. The number of morpholine rings is 1. The molecule has 0 aliphatic carbocycles. The molecule has 1 fully saturated rings. The Morgan fingerprint density at radius 3 is 2.80 bits per heavy atom. The Balaban J connectivity index is 2.36. The first kappa shape index (κ1) is 12.9. The molecule has 1 heterocycles. The minimum atomic E-state index is -0.0957. The molecule has 0 saturated carbocycles. The predicted octanol–water partition coefficient (Wildman–Crippen LogP) is 0.197. The van der Waals surface area contributed by atoms with E-state index in [1.807, 2.05) is 0 Å². The lowest BCUT2D eigenvalue weighted by Gasteiger charge is -2.42. The van der Waals surface area contributed by atoms with E-state index < -0.39 is 0 Å². The van der Waals surface area contributed by atoms with E-state index in [1.165, 1.54) is 0 Å². The second-order valence-electron chi connectivity index (χ2n) is 4.90. The maximum absolute atomic E-state index is 8.73. The van der Waals surface area contributed by atoms with Gasteiger partial charge in [-0.05, 0) is 33.2 Å². The van der Waals surface area contributed by atoms with Crippen LogP contribution in [0.1, 0.15) is 26.7 Å². The monoisotopic (exact) mass is 216 g/mol. The Labute approximate surface area is 92.4 Å². The second-order valence-corrected chi connectivity index (χ2v) is 4.90. The second kappa shape index (κ2) is 5.80. The van der Waals surface area contributed by atoms with Gasteiger partial charge in [0.15, 0.2) is 0 Å². The Morgan fingerprint density at radius 2 is 2.20 bits per heavy atom. The van der Waals surface area contributed by atoms with Crippen molar-refractivity contribution in [3.05, 3.63) is 0 Å². The topological polar surface area (TPSA) is 58.7 Å². The smallest absolute Gasteiger partial charge is 0.0831 e. The van der Waals surface area contributed by atoms with Crippen LogP contribution in [0.2, 0.25) is 0 Å². The van der Waals surface area contributed by atoms with E-state index in [0.717, 1.165) is 32.5 Å². The fourth-order valence-electron chi connectivity index (χ4n) is 2.16. The first-order chi connectivity index (χ1) is 7.07. The summed E-state index contributed by atoms with van der Waals surface area (Å²) in [6.45, 7) is 7.99. The summed E-state index contributed by atoms with van der Waals surface area (Å²) in [6, 6.07) is 0. The number of nitrogens with two attached hydrogens (primary N) is 1. The molecular weight excluding hydrogens is 192 g/mol. The molecule has 4 nitrogen and oxygen atoms in total.